The van der Waals surface area contributed by atoms with Gasteiger partial charge in [0.25, 0.3) is 0 Å². The van der Waals surface area contributed by atoms with Crippen molar-refractivity contribution in [1.82, 2.24) is 0 Å². The molecule has 0 saturated heterocycles. The van der Waals surface area contributed by atoms with Crippen LogP contribution in [0.4, 0.5) is 22.7 Å². The Balaban J connectivity index is 1.85. The first-order valence-electron chi connectivity index (χ1n) is 9.71. The summed E-state index contributed by atoms with van der Waals surface area (Å²) >= 11 is 0. The lowest BCUT2D eigenvalue weighted by Gasteiger charge is -2.17. The third kappa shape index (κ3) is 5.30. The average Bonchev–Trinajstić information content (AvgIpc) is 2.72. The summed E-state index contributed by atoms with van der Waals surface area (Å²) in [6.07, 6.45) is 4.30. The van der Waals surface area contributed by atoms with Gasteiger partial charge in [0.2, 0.25) is 11.8 Å². The maximum atomic E-state index is 11.6. The highest BCUT2D eigenvalue weighted by molar-refractivity contribution is 5.97. The van der Waals surface area contributed by atoms with Gasteiger partial charge in [-0.3, -0.25) is 9.59 Å². The molecule has 1 aliphatic heterocycles. The highest BCUT2D eigenvalue weighted by Gasteiger charge is 2.15. The van der Waals surface area contributed by atoms with Gasteiger partial charge in [-0.25, -0.2) is 0 Å². The third-order valence-electron chi connectivity index (χ3n) is 4.60. The zero-order chi connectivity index (χ0) is 22.4. The van der Waals surface area contributed by atoms with Crippen molar-refractivity contribution in [2.24, 2.45) is 11.5 Å². The van der Waals surface area contributed by atoms with Crippen LogP contribution in [-0.4, -0.2) is 38.1 Å². The minimum atomic E-state index is -0.595. The van der Waals surface area contributed by atoms with E-state index >= 15 is 0 Å². The number of nitrogens with two attached hydrogens (primary N) is 4. The number of primary amides is 2. The van der Waals surface area contributed by atoms with Crippen LogP contribution in [0.1, 0.15) is 27.1 Å². The molecular weight excluding hydrogens is 400 g/mol. The molecule has 0 atom stereocenters. The second-order valence-corrected chi connectivity index (χ2v) is 6.89. The Morgan fingerprint density at radius 3 is 1.55 bits per heavy atom. The number of fused-ring (bicyclic) bond motifs is 2. The van der Waals surface area contributed by atoms with Gasteiger partial charge < -0.3 is 43.0 Å². The van der Waals surface area contributed by atoms with E-state index < -0.39 is 11.8 Å². The monoisotopic (exact) mass is 426 g/mol. The summed E-state index contributed by atoms with van der Waals surface area (Å²) in [6.45, 7) is 1.52. The number of nitrogen functional groups attached to an aromatic ring is 2. The SMILES string of the molecule is NC(=O)c1cc(N)c2c(c1)OCCCOc1cc(C(N)=O)cc(N)c1NC/C=C/CN2. The van der Waals surface area contributed by atoms with E-state index in [0.717, 1.165) is 0 Å². The largest absolute Gasteiger partial charge is 0.491 e. The highest BCUT2D eigenvalue weighted by atomic mass is 16.5. The van der Waals surface area contributed by atoms with Crippen LogP contribution in [-0.2, 0) is 0 Å². The molecule has 10 N–H and O–H groups in total. The quantitative estimate of drug-likeness (QED) is 0.307. The van der Waals surface area contributed by atoms with Gasteiger partial charge in [0.15, 0.2) is 0 Å². The first-order valence-corrected chi connectivity index (χ1v) is 9.71. The molecule has 2 aromatic carbocycles. The van der Waals surface area contributed by atoms with Crippen LogP contribution >= 0.6 is 0 Å². The maximum absolute atomic E-state index is 11.6. The number of rotatable bonds is 2. The van der Waals surface area contributed by atoms with E-state index in [9.17, 15) is 9.59 Å². The second kappa shape index (κ2) is 9.61. The summed E-state index contributed by atoms with van der Waals surface area (Å²) in [6, 6.07) is 6.13. The van der Waals surface area contributed by atoms with Gasteiger partial charge in [0, 0.05) is 30.6 Å². The number of nitrogens with one attached hydrogen (secondary N) is 2. The Morgan fingerprint density at radius 2 is 1.16 bits per heavy atom. The first kappa shape index (κ1) is 21.6. The van der Waals surface area contributed by atoms with E-state index in [4.69, 9.17) is 32.4 Å². The smallest absolute Gasteiger partial charge is 0.248 e. The van der Waals surface area contributed by atoms with E-state index in [2.05, 4.69) is 10.6 Å². The van der Waals surface area contributed by atoms with E-state index in [1.165, 1.54) is 12.1 Å². The van der Waals surface area contributed by atoms with Gasteiger partial charge in [-0.15, -0.1) is 0 Å². The van der Waals surface area contributed by atoms with Crippen LogP contribution in [0.25, 0.3) is 0 Å². The number of carbonyl (C=O) groups excluding carboxylic acids is 2. The van der Waals surface area contributed by atoms with E-state index in [1.54, 1.807) is 12.1 Å². The fraction of sp³-hybridized carbons (Fsp3) is 0.238. The minimum Gasteiger partial charge on any atom is -0.491 e. The van der Waals surface area contributed by atoms with Crippen molar-refractivity contribution in [3.63, 3.8) is 0 Å². The van der Waals surface area contributed by atoms with Crippen molar-refractivity contribution < 1.29 is 19.1 Å². The summed E-state index contributed by atoms with van der Waals surface area (Å²) in [5.74, 6) is -0.336. The number of hydrogen-bond donors (Lipinski definition) is 6. The fourth-order valence-electron chi connectivity index (χ4n) is 3.08. The van der Waals surface area contributed by atoms with Crippen molar-refractivity contribution in [3.8, 4) is 11.5 Å². The summed E-state index contributed by atoms with van der Waals surface area (Å²) in [4.78, 5) is 23.1. The van der Waals surface area contributed by atoms with Crippen molar-refractivity contribution >= 4 is 34.6 Å². The van der Waals surface area contributed by atoms with Crippen LogP contribution in [0.15, 0.2) is 36.4 Å². The lowest BCUT2D eigenvalue weighted by molar-refractivity contribution is 0.0991. The van der Waals surface area contributed by atoms with Gasteiger partial charge in [-0.1, -0.05) is 12.2 Å². The number of amides is 2. The van der Waals surface area contributed by atoms with Crippen molar-refractivity contribution in [1.29, 1.82) is 0 Å². The third-order valence-corrected chi connectivity index (χ3v) is 4.60. The zero-order valence-corrected chi connectivity index (χ0v) is 16.9. The molecule has 1 heterocycles. The molecule has 0 saturated carbocycles. The molecule has 0 aromatic heterocycles. The average molecular weight is 426 g/mol. The Labute approximate surface area is 179 Å². The molecule has 0 unspecified atom stereocenters. The van der Waals surface area contributed by atoms with Gasteiger partial charge in [-0.2, -0.15) is 0 Å². The Hall–Kier alpha value is -4.08. The molecule has 10 nitrogen and oxygen atoms in total. The Morgan fingerprint density at radius 1 is 0.742 bits per heavy atom. The maximum Gasteiger partial charge on any atom is 0.248 e. The van der Waals surface area contributed by atoms with Crippen molar-refractivity contribution in [3.05, 3.63) is 47.5 Å². The molecule has 31 heavy (non-hydrogen) atoms. The molecule has 10 heteroatoms. The highest BCUT2D eigenvalue weighted by Crippen LogP contribution is 2.34. The molecule has 0 spiro atoms. The summed E-state index contributed by atoms with van der Waals surface area (Å²) < 4.78 is 11.7. The number of ether oxygens (including phenoxy) is 2. The fourth-order valence-corrected chi connectivity index (χ4v) is 3.08. The molecule has 0 fully saturated rings. The Kier molecular flexibility index (Phi) is 6.71. The molecular formula is C21H26N6O4. The number of hydrogen-bond acceptors (Lipinski definition) is 8. The van der Waals surface area contributed by atoms with E-state index in [1.807, 2.05) is 12.2 Å². The van der Waals surface area contributed by atoms with Gasteiger partial charge in [0.1, 0.15) is 22.9 Å². The van der Waals surface area contributed by atoms with Crippen molar-refractivity contribution in [2.75, 3.05) is 48.4 Å². The molecule has 2 aromatic rings. The standard InChI is InChI=1S/C21H26N6O4/c22-14-8-12(20(24)28)10-16-18(14)26-4-1-2-5-27-19-15(23)9-13(21(25)29)11-17(19)31-7-3-6-30-16/h1-2,8-11,26-27H,3-7,22-23H2,(H2,24,28)(H2,25,29)/b2-1+. The van der Waals surface area contributed by atoms with Gasteiger partial charge in [0.05, 0.1) is 24.6 Å². The zero-order valence-electron chi connectivity index (χ0n) is 16.9. The predicted molar refractivity (Wildman–Crippen MR) is 120 cm³/mol. The van der Waals surface area contributed by atoms with E-state index in [-0.39, 0.29) is 11.1 Å². The van der Waals surface area contributed by atoms with Crippen LogP contribution in [0.3, 0.4) is 0 Å². The molecule has 0 bridgehead atoms. The predicted octanol–water partition coefficient (Wildman–Crippen LogP) is 1.29. The lowest BCUT2D eigenvalue weighted by atomic mass is 10.1. The van der Waals surface area contributed by atoms with Crippen LogP contribution < -0.4 is 43.0 Å². The summed E-state index contributed by atoms with van der Waals surface area (Å²) in [5.41, 5.74) is 25.3. The summed E-state index contributed by atoms with van der Waals surface area (Å²) in [7, 11) is 0. The number of carbonyl (C=O) groups is 2. The van der Waals surface area contributed by atoms with E-state index in [0.29, 0.717) is 67.0 Å². The van der Waals surface area contributed by atoms with Crippen LogP contribution in [0.2, 0.25) is 0 Å². The van der Waals surface area contributed by atoms with Crippen LogP contribution in [0.5, 0.6) is 11.5 Å². The minimum absolute atomic E-state index is 0.260. The Bertz CT molecular complexity index is 942. The lowest BCUT2D eigenvalue weighted by Crippen LogP contribution is -2.14. The molecule has 3 rings (SSSR count). The van der Waals surface area contributed by atoms with Gasteiger partial charge in [-0.05, 0) is 24.3 Å². The number of anilines is 4. The van der Waals surface area contributed by atoms with Gasteiger partial charge >= 0.3 is 0 Å². The van der Waals surface area contributed by atoms with Crippen molar-refractivity contribution in [2.45, 2.75) is 6.42 Å². The topological polar surface area (TPSA) is 181 Å². The molecule has 1 aliphatic rings. The summed E-state index contributed by atoms with van der Waals surface area (Å²) in [5, 5.41) is 6.39. The normalized spacial score (nSPS) is 15.2. The molecule has 0 radical (unpaired) electrons. The first-order chi connectivity index (χ1) is 14.9. The molecule has 0 aliphatic carbocycles. The molecule has 2 amide bonds. The molecule has 164 valence electrons. The number of benzene rings is 2. The van der Waals surface area contributed by atoms with Crippen LogP contribution in [0, 0.1) is 0 Å². The second-order valence-electron chi connectivity index (χ2n) is 6.89.